The highest BCUT2D eigenvalue weighted by Gasteiger charge is 2.00. The maximum atomic E-state index is 10.9. The van der Waals surface area contributed by atoms with E-state index in [1.165, 1.54) is 0 Å². The first-order chi connectivity index (χ1) is 6.24. The second-order valence-electron chi connectivity index (χ2n) is 2.24. The van der Waals surface area contributed by atoms with E-state index in [1.54, 1.807) is 24.0 Å². The highest BCUT2D eigenvalue weighted by Crippen LogP contribution is 2.02. The van der Waals surface area contributed by atoms with Gasteiger partial charge in [0.15, 0.2) is 0 Å². The van der Waals surface area contributed by atoms with Gasteiger partial charge in [0.25, 0.3) is 0 Å². The second-order valence-corrected chi connectivity index (χ2v) is 2.24. The summed E-state index contributed by atoms with van der Waals surface area (Å²) in [6, 6.07) is 1.76. The highest BCUT2D eigenvalue weighted by atomic mass is 16.1. The summed E-state index contributed by atoms with van der Waals surface area (Å²) in [5, 5.41) is 6.61. The van der Waals surface area contributed by atoms with E-state index in [0.717, 1.165) is 5.82 Å². The molecule has 1 amide bonds. The molecule has 1 N–H and O–H groups in total. The molecule has 1 aromatic heterocycles. The van der Waals surface area contributed by atoms with E-state index in [0.29, 0.717) is 6.42 Å². The van der Waals surface area contributed by atoms with Crippen LogP contribution in [0.25, 0.3) is 0 Å². The van der Waals surface area contributed by atoms with Crippen LogP contribution in [0.1, 0.15) is 27.2 Å². The molecule has 0 unspecified atom stereocenters. The molecule has 0 aliphatic carbocycles. The molecule has 74 valence electrons. The Labute approximate surface area is 78.9 Å². The predicted octanol–water partition coefficient (Wildman–Crippen LogP) is 1.79. The third-order valence-electron chi connectivity index (χ3n) is 1.41. The summed E-state index contributed by atoms with van der Waals surface area (Å²) < 4.78 is 1.62. The molecule has 0 aromatic carbocycles. The Hall–Kier alpha value is -1.32. The molecule has 1 heterocycles. The van der Waals surface area contributed by atoms with Gasteiger partial charge in [0.1, 0.15) is 5.82 Å². The molecule has 0 fully saturated rings. The minimum absolute atomic E-state index is 0.00796. The summed E-state index contributed by atoms with van der Waals surface area (Å²) >= 11 is 0. The number of amides is 1. The summed E-state index contributed by atoms with van der Waals surface area (Å²) in [4.78, 5) is 10.9. The average molecular weight is 183 g/mol. The van der Waals surface area contributed by atoms with Crippen LogP contribution < -0.4 is 5.32 Å². The standard InChI is InChI=1S/C7H11N3O.C2H6/c1-3-7(11)9-6-4-5-8-10(6)2;1-2/h4-5H,3H2,1-2H3,(H,9,11);1-2H3. The van der Waals surface area contributed by atoms with Crippen LogP contribution in [0, 0.1) is 0 Å². The zero-order valence-electron chi connectivity index (χ0n) is 8.66. The first kappa shape index (κ1) is 11.7. The van der Waals surface area contributed by atoms with Crippen molar-refractivity contribution in [2.45, 2.75) is 27.2 Å². The van der Waals surface area contributed by atoms with Crippen molar-refractivity contribution < 1.29 is 4.79 Å². The Morgan fingerprint density at radius 3 is 2.62 bits per heavy atom. The molecule has 0 atom stereocenters. The number of hydrogen-bond acceptors (Lipinski definition) is 2. The monoisotopic (exact) mass is 183 g/mol. The molecule has 4 nitrogen and oxygen atoms in total. The van der Waals surface area contributed by atoms with Crippen LogP contribution in [-0.2, 0) is 11.8 Å². The smallest absolute Gasteiger partial charge is 0.225 e. The van der Waals surface area contributed by atoms with Crippen LogP contribution in [0.3, 0.4) is 0 Å². The quantitative estimate of drug-likeness (QED) is 0.759. The molecule has 0 saturated heterocycles. The SMILES string of the molecule is CC.CCC(=O)Nc1ccnn1C. The van der Waals surface area contributed by atoms with Crippen molar-refractivity contribution in [1.82, 2.24) is 9.78 Å². The van der Waals surface area contributed by atoms with Crippen molar-refractivity contribution in [2.24, 2.45) is 7.05 Å². The van der Waals surface area contributed by atoms with Crippen LogP contribution in [0.4, 0.5) is 5.82 Å². The van der Waals surface area contributed by atoms with Gasteiger partial charge in [0.2, 0.25) is 5.91 Å². The van der Waals surface area contributed by atoms with Gasteiger partial charge in [-0.2, -0.15) is 5.10 Å². The number of rotatable bonds is 2. The molecule has 0 radical (unpaired) electrons. The summed E-state index contributed by atoms with van der Waals surface area (Å²) in [6.07, 6.45) is 2.14. The molecule has 1 rings (SSSR count). The molecule has 0 saturated carbocycles. The molecule has 13 heavy (non-hydrogen) atoms. The Kier molecular flexibility index (Phi) is 5.59. The maximum absolute atomic E-state index is 10.9. The number of nitrogens with zero attached hydrogens (tertiary/aromatic N) is 2. The van der Waals surface area contributed by atoms with E-state index in [4.69, 9.17) is 0 Å². The van der Waals surface area contributed by atoms with Crippen molar-refractivity contribution >= 4 is 11.7 Å². The third kappa shape index (κ3) is 3.73. The maximum Gasteiger partial charge on any atom is 0.225 e. The fraction of sp³-hybridized carbons (Fsp3) is 0.556. The highest BCUT2D eigenvalue weighted by molar-refractivity contribution is 5.89. The van der Waals surface area contributed by atoms with E-state index in [2.05, 4.69) is 10.4 Å². The number of nitrogens with one attached hydrogen (secondary N) is 1. The Morgan fingerprint density at radius 2 is 2.23 bits per heavy atom. The predicted molar refractivity (Wildman–Crippen MR) is 53.5 cm³/mol. The minimum Gasteiger partial charge on any atom is -0.311 e. The van der Waals surface area contributed by atoms with Gasteiger partial charge in [-0.3, -0.25) is 9.48 Å². The van der Waals surface area contributed by atoms with Crippen molar-refractivity contribution in [1.29, 1.82) is 0 Å². The topological polar surface area (TPSA) is 46.9 Å². The Morgan fingerprint density at radius 1 is 1.62 bits per heavy atom. The van der Waals surface area contributed by atoms with Crippen molar-refractivity contribution in [3.63, 3.8) is 0 Å². The Bertz CT molecular complexity index is 255. The largest absolute Gasteiger partial charge is 0.311 e. The summed E-state index contributed by atoms with van der Waals surface area (Å²) in [6.45, 7) is 5.81. The molecule has 0 spiro atoms. The number of anilines is 1. The fourth-order valence-electron chi connectivity index (χ4n) is 0.728. The van der Waals surface area contributed by atoms with E-state index in [1.807, 2.05) is 20.8 Å². The van der Waals surface area contributed by atoms with Crippen LogP contribution in [0.5, 0.6) is 0 Å². The number of aromatic nitrogens is 2. The van der Waals surface area contributed by atoms with E-state index in [-0.39, 0.29) is 5.91 Å². The molecule has 0 aliphatic rings. The van der Waals surface area contributed by atoms with Crippen molar-refractivity contribution in [2.75, 3.05) is 5.32 Å². The zero-order chi connectivity index (χ0) is 10.3. The van der Waals surface area contributed by atoms with Gasteiger partial charge in [-0.25, -0.2) is 0 Å². The first-order valence-corrected chi connectivity index (χ1v) is 4.52. The molecule has 0 aliphatic heterocycles. The number of carbonyl (C=O) groups is 1. The van der Waals surface area contributed by atoms with Gasteiger partial charge in [0.05, 0.1) is 6.20 Å². The van der Waals surface area contributed by atoms with Gasteiger partial charge < -0.3 is 5.32 Å². The second kappa shape index (κ2) is 6.22. The van der Waals surface area contributed by atoms with Gasteiger partial charge >= 0.3 is 0 Å². The van der Waals surface area contributed by atoms with Crippen LogP contribution in [0.2, 0.25) is 0 Å². The lowest BCUT2D eigenvalue weighted by atomic mass is 10.4. The zero-order valence-corrected chi connectivity index (χ0v) is 8.66. The lowest BCUT2D eigenvalue weighted by Gasteiger charge is -2.01. The minimum atomic E-state index is 0.00796. The van der Waals surface area contributed by atoms with Crippen molar-refractivity contribution in [3.8, 4) is 0 Å². The van der Waals surface area contributed by atoms with E-state index < -0.39 is 0 Å². The summed E-state index contributed by atoms with van der Waals surface area (Å²) in [5.74, 6) is 0.741. The molecular weight excluding hydrogens is 166 g/mol. The molecule has 0 bridgehead atoms. The van der Waals surface area contributed by atoms with Crippen LogP contribution in [0.15, 0.2) is 12.3 Å². The fourth-order valence-corrected chi connectivity index (χ4v) is 0.728. The van der Waals surface area contributed by atoms with Crippen LogP contribution >= 0.6 is 0 Å². The molecule has 4 heteroatoms. The lowest BCUT2D eigenvalue weighted by molar-refractivity contribution is -0.115. The van der Waals surface area contributed by atoms with E-state index in [9.17, 15) is 4.79 Å². The summed E-state index contributed by atoms with van der Waals surface area (Å²) in [5.41, 5.74) is 0. The lowest BCUT2D eigenvalue weighted by Crippen LogP contribution is -2.12. The number of aryl methyl sites for hydroxylation is 1. The summed E-state index contributed by atoms with van der Waals surface area (Å²) in [7, 11) is 1.78. The van der Waals surface area contributed by atoms with Gasteiger partial charge in [0, 0.05) is 19.5 Å². The van der Waals surface area contributed by atoms with Gasteiger partial charge in [-0.1, -0.05) is 20.8 Å². The van der Waals surface area contributed by atoms with Gasteiger partial charge in [-0.05, 0) is 0 Å². The number of carbonyl (C=O) groups excluding carboxylic acids is 1. The molecular formula is C9H17N3O. The normalized spacial score (nSPS) is 8.62. The van der Waals surface area contributed by atoms with Crippen LogP contribution in [-0.4, -0.2) is 15.7 Å². The van der Waals surface area contributed by atoms with Gasteiger partial charge in [-0.15, -0.1) is 0 Å². The van der Waals surface area contributed by atoms with Crippen molar-refractivity contribution in [3.05, 3.63) is 12.3 Å². The molecule has 1 aromatic rings. The number of hydrogen-bond donors (Lipinski definition) is 1. The Balaban J connectivity index is 0.000000671. The first-order valence-electron chi connectivity index (χ1n) is 4.52. The third-order valence-corrected chi connectivity index (χ3v) is 1.41. The van der Waals surface area contributed by atoms with E-state index >= 15 is 0 Å². The average Bonchev–Trinajstić information content (AvgIpc) is 2.55.